The van der Waals surface area contributed by atoms with Gasteiger partial charge in [-0.3, -0.25) is 4.90 Å². The molecule has 1 aliphatic rings. The van der Waals surface area contributed by atoms with Gasteiger partial charge >= 0.3 is 6.03 Å². The summed E-state index contributed by atoms with van der Waals surface area (Å²) in [6, 6.07) is 12.7. The van der Waals surface area contributed by atoms with E-state index in [-0.39, 0.29) is 12.6 Å². The number of sulfonamides is 1. The van der Waals surface area contributed by atoms with Gasteiger partial charge in [0.05, 0.1) is 27.0 Å². The third kappa shape index (κ3) is 4.52. The molecular weight excluding hydrogens is 406 g/mol. The zero-order valence-corrected chi connectivity index (χ0v) is 18.4. The van der Waals surface area contributed by atoms with E-state index in [1.165, 1.54) is 4.90 Å². The molecule has 0 radical (unpaired) electrons. The summed E-state index contributed by atoms with van der Waals surface area (Å²) in [5, 5.41) is 2.79. The average Bonchev–Trinajstić information content (AvgIpc) is 3.01. The van der Waals surface area contributed by atoms with Crippen molar-refractivity contribution < 1.29 is 22.7 Å². The van der Waals surface area contributed by atoms with Crippen molar-refractivity contribution >= 4 is 16.1 Å². The number of benzene rings is 2. The Hall–Kier alpha value is -2.78. The quantitative estimate of drug-likeness (QED) is 0.664. The van der Waals surface area contributed by atoms with Crippen LogP contribution in [0.3, 0.4) is 0 Å². The van der Waals surface area contributed by atoms with Crippen LogP contribution in [0, 0.1) is 6.92 Å². The molecule has 0 aliphatic carbocycles. The topological polar surface area (TPSA) is 97.0 Å². The van der Waals surface area contributed by atoms with Gasteiger partial charge in [0.25, 0.3) is 0 Å². The van der Waals surface area contributed by atoms with E-state index in [0.717, 1.165) is 23.1 Å². The van der Waals surface area contributed by atoms with Gasteiger partial charge in [-0.25, -0.2) is 13.2 Å². The van der Waals surface area contributed by atoms with E-state index in [4.69, 9.17) is 9.47 Å². The molecule has 3 rings (SSSR count). The first-order valence-electron chi connectivity index (χ1n) is 9.51. The lowest BCUT2D eigenvalue weighted by Gasteiger charge is -2.37. The average molecular weight is 434 g/mol. The predicted molar refractivity (Wildman–Crippen MR) is 114 cm³/mol. The zero-order chi connectivity index (χ0) is 21.9. The van der Waals surface area contributed by atoms with E-state index in [1.54, 1.807) is 20.3 Å². The van der Waals surface area contributed by atoms with Crippen LogP contribution in [0.25, 0.3) is 0 Å². The van der Waals surface area contributed by atoms with Crippen LogP contribution in [-0.2, 0) is 22.1 Å². The molecule has 0 bridgehead atoms. The van der Waals surface area contributed by atoms with E-state index >= 15 is 0 Å². The van der Waals surface area contributed by atoms with Gasteiger partial charge < -0.3 is 14.8 Å². The van der Waals surface area contributed by atoms with Crippen molar-refractivity contribution in [2.75, 3.05) is 33.6 Å². The molecule has 1 atom stereocenters. The van der Waals surface area contributed by atoms with Crippen molar-refractivity contribution in [1.82, 2.24) is 14.9 Å². The first-order valence-corrected chi connectivity index (χ1v) is 11.4. The van der Waals surface area contributed by atoms with Gasteiger partial charge in [0.1, 0.15) is 11.5 Å². The number of carbonyl (C=O) groups excluding carboxylic acids is 1. The molecule has 162 valence electrons. The summed E-state index contributed by atoms with van der Waals surface area (Å²) in [4.78, 5) is 14.3. The number of carbonyl (C=O) groups is 1. The fraction of sp³-hybridized carbons (Fsp3) is 0.381. The number of ether oxygens (including phenoxy) is 2. The van der Waals surface area contributed by atoms with Gasteiger partial charge in [-0.05, 0) is 48.2 Å². The number of hydrogen-bond donors (Lipinski definition) is 2. The minimum atomic E-state index is -3.63. The maximum Gasteiger partial charge on any atom is 0.319 e. The molecule has 1 aliphatic heterocycles. The van der Waals surface area contributed by atoms with Gasteiger partial charge in [-0.1, -0.05) is 24.3 Å². The summed E-state index contributed by atoms with van der Waals surface area (Å²) in [5.41, 5.74) is 1.30. The van der Waals surface area contributed by atoms with Crippen LogP contribution in [0.15, 0.2) is 42.5 Å². The lowest BCUT2D eigenvalue weighted by molar-refractivity contribution is 0.147. The molecule has 30 heavy (non-hydrogen) atoms. The minimum Gasteiger partial charge on any atom is -0.497 e. The first kappa shape index (κ1) is 21.9. The highest BCUT2D eigenvalue weighted by molar-refractivity contribution is 7.88. The molecular formula is C21H27N3O5S. The van der Waals surface area contributed by atoms with Crippen molar-refractivity contribution in [2.45, 2.75) is 19.0 Å². The Morgan fingerprint density at radius 1 is 1.13 bits per heavy atom. The number of rotatable bonds is 8. The van der Waals surface area contributed by atoms with E-state index < -0.39 is 15.7 Å². The Kier molecular flexibility index (Phi) is 6.23. The Labute approximate surface area is 177 Å². The molecule has 2 aromatic rings. The second-order valence-electron chi connectivity index (χ2n) is 7.33. The molecule has 8 nitrogen and oxygen atoms in total. The number of aryl methyl sites for hydroxylation is 1. The van der Waals surface area contributed by atoms with Gasteiger partial charge in [0.15, 0.2) is 5.66 Å². The van der Waals surface area contributed by atoms with Crippen molar-refractivity contribution in [2.24, 2.45) is 0 Å². The van der Waals surface area contributed by atoms with Crippen molar-refractivity contribution in [3.05, 3.63) is 59.2 Å². The fourth-order valence-electron chi connectivity index (χ4n) is 3.69. The Morgan fingerprint density at radius 2 is 1.83 bits per heavy atom. The molecule has 0 spiro atoms. The summed E-state index contributed by atoms with van der Waals surface area (Å²) in [5.74, 6) is 1.37. The van der Waals surface area contributed by atoms with Crippen LogP contribution in [0.2, 0.25) is 0 Å². The van der Waals surface area contributed by atoms with Gasteiger partial charge in [0.2, 0.25) is 10.0 Å². The number of hydrogen-bond acceptors (Lipinski definition) is 5. The third-order valence-electron chi connectivity index (χ3n) is 5.22. The fourth-order valence-corrected chi connectivity index (χ4v) is 4.60. The number of methoxy groups -OCH3 is 2. The second kappa shape index (κ2) is 8.53. The van der Waals surface area contributed by atoms with Crippen LogP contribution in [0.1, 0.15) is 16.7 Å². The summed E-state index contributed by atoms with van der Waals surface area (Å²) < 4.78 is 37.8. The molecule has 9 heteroatoms. The highest BCUT2D eigenvalue weighted by atomic mass is 32.2. The molecule has 0 aromatic heterocycles. The second-order valence-corrected chi connectivity index (χ2v) is 9.08. The standard InChI is InChI=1S/C21H27N3O5S/c1-15-5-8-17(13-19(15)29-3)21(23-30(4,26)27)14-22-20(25)24(21)12-11-16-6-9-18(28-2)10-7-16/h5-10,13,23H,11-12,14H2,1-4H3,(H,22,25). The Bertz CT molecular complexity index is 1020. The maximum absolute atomic E-state index is 12.7. The molecule has 2 amide bonds. The lowest BCUT2D eigenvalue weighted by atomic mass is 9.97. The van der Waals surface area contributed by atoms with Crippen LogP contribution in [0.5, 0.6) is 11.5 Å². The van der Waals surface area contributed by atoms with E-state index in [9.17, 15) is 13.2 Å². The summed E-state index contributed by atoms with van der Waals surface area (Å²) in [6.45, 7) is 2.32. The molecule has 2 aromatic carbocycles. The van der Waals surface area contributed by atoms with Crippen LogP contribution in [-0.4, -0.2) is 52.9 Å². The smallest absolute Gasteiger partial charge is 0.319 e. The SMILES string of the molecule is COc1ccc(CCN2C(=O)NCC2(NS(C)(=O)=O)c2ccc(C)c(OC)c2)cc1. The minimum absolute atomic E-state index is 0.105. The van der Waals surface area contributed by atoms with Crippen molar-refractivity contribution in [3.63, 3.8) is 0 Å². The highest BCUT2D eigenvalue weighted by Crippen LogP contribution is 2.34. The lowest BCUT2D eigenvalue weighted by Crippen LogP contribution is -2.57. The van der Waals surface area contributed by atoms with Crippen LogP contribution in [0.4, 0.5) is 4.79 Å². The predicted octanol–water partition coefficient (Wildman–Crippen LogP) is 1.98. The summed E-state index contributed by atoms with van der Waals surface area (Å²) >= 11 is 0. The van der Waals surface area contributed by atoms with Gasteiger partial charge in [-0.15, -0.1) is 0 Å². The Balaban J connectivity index is 1.98. The normalized spacial score (nSPS) is 18.9. The van der Waals surface area contributed by atoms with Crippen LogP contribution >= 0.6 is 0 Å². The Morgan fingerprint density at radius 3 is 2.43 bits per heavy atom. The number of nitrogens with zero attached hydrogens (tertiary/aromatic N) is 1. The largest absolute Gasteiger partial charge is 0.497 e. The molecule has 1 saturated heterocycles. The molecule has 1 heterocycles. The van der Waals surface area contributed by atoms with Crippen LogP contribution < -0.4 is 19.5 Å². The summed E-state index contributed by atoms with van der Waals surface area (Å²) in [6.07, 6.45) is 1.64. The molecule has 1 unspecified atom stereocenters. The highest BCUT2D eigenvalue weighted by Gasteiger charge is 2.48. The number of urea groups is 1. The van der Waals surface area contributed by atoms with E-state index in [1.807, 2.05) is 43.3 Å². The third-order valence-corrected chi connectivity index (χ3v) is 5.93. The molecule has 0 saturated carbocycles. The van der Waals surface area contributed by atoms with Gasteiger partial charge in [0, 0.05) is 6.54 Å². The van der Waals surface area contributed by atoms with E-state index in [0.29, 0.717) is 24.3 Å². The molecule has 2 N–H and O–H groups in total. The number of amides is 2. The van der Waals surface area contributed by atoms with Gasteiger partial charge in [-0.2, -0.15) is 4.72 Å². The van der Waals surface area contributed by atoms with Crippen molar-refractivity contribution in [1.29, 1.82) is 0 Å². The maximum atomic E-state index is 12.7. The summed E-state index contributed by atoms with van der Waals surface area (Å²) in [7, 11) is -0.474. The monoisotopic (exact) mass is 433 g/mol. The number of nitrogens with one attached hydrogen (secondary N) is 2. The molecule has 1 fully saturated rings. The van der Waals surface area contributed by atoms with E-state index in [2.05, 4.69) is 10.0 Å². The zero-order valence-electron chi connectivity index (χ0n) is 17.6. The first-order chi connectivity index (χ1) is 14.2. The van der Waals surface area contributed by atoms with Crippen molar-refractivity contribution in [3.8, 4) is 11.5 Å².